The smallest absolute Gasteiger partial charge is 0.266 e. The molecule has 0 atom stereocenters. The highest BCUT2D eigenvalue weighted by Crippen LogP contribution is 2.34. The van der Waals surface area contributed by atoms with Crippen LogP contribution >= 0.6 is 0 Å². The fraction of sp³-hybridized carbons (Fsp3) is 0.174. The molecule has 10 N–H and O–H groups in total. The standard InChI is InChI=1S/C23H26N8O6/c1-12(32)26-14-5-16(24)22(18(34)7-14)28-20(36)9-30-3-4-31(11-30)10-21(37)29-23-17(25)6-15(8-19(23)35)27-13(2)33/h3-8,11H,9-10,24-25H2,1-2H3,(H5-,26,27,28,29,32,33,34,35,36,37)/p+1. The van der Waals surface area contributed by atoms with Crippen LogP contribution in [0.5, 0.6) is 11.5 Å². The number of hydrogen-bond donors (Lipinski definition) is 8. The third-order valence-corrected chi connectivity index (χ3v) is 4.86. The lowest BCUT2D eigenvalue weighted by molar-refractivity contribution is -0.683. The first-order valence-electron chi connectivity index (χ1n) is 10.9. The molecule has 1 aromatic heterocycles. The van der Waals surface area contributed by atoms with Gasteiger partial charge in [0.2, 0.25) is 18.1 Å². The largest absolute Gasteiger partial charge is 0.506 e. The second-order valence-electron chi connectivity index (χ2n) is 8.14. The van der Waals surface area contributed by atoms with Crippen LogP contribution in [-0.2, 0) is 32.3 Å². The van der Waals surface area contributed by atoms with E-state index in [1.165, 1.54) is 53.6 Å². The molecule has 194 valence electrons. The van der Waals surface area contributed by atoms with E-state index in [0.29, 0.717) is 0 Å². The molecule has 0 bridgehead atoms. The lowest BCUT2D eigenvalue weighted by Gasteiger charge is -2.12. The van der Waals surface area contributed by atoms with Gasteiger partial charge >= 0.3 is 0 Å². The van der Waals surface area contributed by atoms with E-state index in [-0.39, 0.29) is 70.5 Å². The molecule has 2 aromatic carbocycles. The molecule has 3 aromatic rings. The maximum absolute atomic E-state index is 12.5. The zero-order valence-electron chi connectivity index (χ0n) is 20.0. The van der Waals surface area contributed by atoms with Crippen molar-refractivity contribution >= 4 is 57.8 Å². The number of benzene rings is 2. The molecule has 14 nitrogen and oxygen atoms in total. The number of amides is 4. The van der Waals surface area contributed by atoms with Crippen LogP contribution in [0.25, 0.3) is 0 Å². The van der Waals surface area contributed by atoms with Gasteiger partial charge in [0.1, 0.15) is 35.3 Å². The number of nitrogens with one attached hydrogen (secondary N) is 4. The summed E-state index contributed by atoms with van der Waals surface area (Å²) in [5.74, 6) is -2.32. The quantitative estimate of drug-likeness (QED) is 0.121. The van der Waals surface area contributed by atoms with Gasteiger partial charge < -0.3 is 42.9 Å². The molecule has 1 heterocycles. The minimum Gasteiger partial charge on any atom is -0.506 e. The number of rotatable bonds is 8. The third kappa shape index (κ3) is 7.11. The molecule has 0 unspecified atom stereocenters. The van der Waals surface area contributed by atoms with Gasteiger partial charge in [-0.3, -0.25) is 19.2 Å². The monoisotopic (exact) mass is 511 g/mol. The Morgan fingerprint density at radius 2 is 1.30 bits per heavy atom. The highest BCUT2D eigenvalue weighted by molar-refractivity contribution is 5.99. The predicted octanol–water partition coefficient (Wildman–Crippen LogP) is 0.545. The van der Waals surface area contributed by atoms with Gasteiger partial charge in [-0.1, -0.05) is 0 Å². The highest BCUT2D eigenvalue weighted by atomic mass is 16.3. The lowest BCUT2D eigenvalue weighted by atomic mass is 10.2. The molecule has 0 fully saturated rings. The molecule has 14 heteroatoms. The average molecular weight is 512 g/mol. The van der Waals surface area contributed by atoms with Crippen molar-refractivity contribution in [2.75, 3.05) is 32.7 Å². The Hall–Kier alpha value is -5.27. The number of nitrogens with two attached hydrogens (primary N) is 2. The van der Waals surface area contributed by atoms with Crippen molar-refractivity contribution in [1.29, 1.82) is 0 Å². The first kappa shape index (κ1) is 26.3. The normalized spacial score (nSPS) is 10.4. The average Bonchev–Trinajstić information content (AvgIpc) is 3.19. The molecule has 0 aliphatic carbocycles. The van der Waals surface area contributed by atoms with Crippen LogP contribution in [-0.4, -0.2) is 38.4 Å². The molecule has 0 saturated carbocycles. The van der Waals surface area contributed by atoms with Gasteiger partial charge in [0, 0.05) is 37.4 Å². The minimum atomic E-state index is -0.501. The van der Waals surface area contributed by atoms with Crippen LogP contribution in [0.2, 0.25) is 0 Å². The van der Waals surface area contributed by atoms with Gasteiger partial charge in [0.05, 0.1) is 11.4 Å². The van der Waals surface area contributed by atoms with Gasteiger partial charge in [-0.2, -0.15) is 0 Å². The molecular weight excluding hydrogens is 484 g/mol. The highest BCUT2D eigenvalue weighted by Gasteiger charge is 2.17. The zero-order valence-corrected chi connectivity index (χ0v) is 20.0. The summed E-state index contributed by atoms with van der Waals surface area (Å²) < 4.78 is 2.99. The van der Waals surface area contributed by atoms with Gasteiger partial charge in [-0.15, -0.1) is 0 Å². The lowest BCUT2D eigenvalue weighted by Crippen LogP contribution is -2.38. The van der Waals surface area contributed by atoms with Gasteiger partial charge in [0.25, 0.3) is 11.8 Å². The number of phenolic OH excluding ortho intramolecular Hbond substituents is 2. The molecule has 0 aliphatic heterocycles. The number of imidazole rings is 1. The number of carbonyl (C=O) groups excluding carboxylic acids is 4. The Balaban J connectivity index is 1.60. The number of phenols is 2. The van der Waals surface area contributed by atoms with E-state index >= 15 is 0 Å². The Kier molecular flexibility index (Phi) is 7.82. The van der Waals surface area contributed by atoms with Gasteiger partial charge in [0.15, 0.2) is 13.1 Å². The van der Waals surface area contributed by atoms with E-state index < -0.39 is 11.8 Å². The zero-order chi connectivity index (χ0) is 27.3. The topological polar surface area (TPSA) is 218 Å². The maximum Gasteiger partial charge on any atom is 0.266 e. The Bertz CT molecular complexity index is 1240. The van der Waals surface area contributed by atoms with Crippen molar-refractivity contribution in [2.45, 2.75) is 26.9 Å². The SMILES string of the molecule is CC(=O)Nc1cc(N)c(NC(=O)Cn2cc[n+](CC(=O)Nc3c(N)cc(NC(C)=O)cc3O)c2)c(O)c1. The van der Waals surface area contributed by atoms with E-state index in [4.69, 9.17) is 11.5 Å². The van der Waals surface area contributed by atoms with E-state index in [0.717, 1.165) is 0 Å². The van der Waals surface area contributed by atoms with E-state index in [1.807, 2.05) is 0 Å². The van der Waals surface area contributed by atoms with Crippen LogP contribution in [0.1, 0.15) is 13.8 Å². The van der Waals surface area contributed by atoms with Crippen molar-refractivity contribution in [2.24, 2.45) is 0 Å². The van der Waals surface area contributed by atoms with Crippen molar-refractivity contribution in [3.8, 4) is 11.5 Å². The summed E-state index contributed by atoms with van der Waals surface area (Å²) >= 11 is 0. The number of nitrogens with zero attached hydrogens (tertiary/aromatic N) is 2. The number of aromatic nitrogens is 2. The number of anilines is 6. The Morgan fingerprint density at radius 3 is 1.76 bits per heavy atom. The Morgan fingerprint density at radius 1 is 0.811 bits per heavy atom. The molecule has 0 spiro atoms. The second-order valence-corrected chi connectivity index (χ2v) is 8.14. The molecule has 0 radical (unpaired) electrons. The van der Waals surface area contributed by atoms with Gasteiger partial charge in [-0.05, 0) is 12.1 Å². The summed E-state index contributed by atoms with van der Waals surface area (Å²) in [4.78, 5) is 47.3. The maximum atomic E-state index is 12.5. The summed E-state index contributed by atoms with van der Waals surface area (Å²) in [5.41, 5.74) is 12.5. The first-order valence-corrected chi connectivity index (χ1v) is 10.9. The van der Waals surface area contributed by atoms with E-state index in [2.05, 4.69) is 21.3 Å². The molecule has 0 saturated heterocycles. The summed E-state index contributed by atoms with van der Waals surface area (Å²) in [7, 11) is 0. The third-order valence-electron chi connectivity index (χ3n) is 4.86. The second kappa shape index (κ2) is 11.0. The fourth-order valence-corrected chi connectivity index (χ4v) is 3.44. The number of nitrogen functional groups attached to an aromatic ring is 2. The summed E-state index contributed by atoms with van der Waals surface area (Å²) in [6.07, 6.45) is 4.62. The molecule has 3 rings (SSSR count). The molecule has 0 aliphatic rings. The number of hydrogen-bond acceptors (Lipinski definition) is 8. The van der Waals surface area contributed by atoms with Gasteiger partial charge in [-0.25, -0.2) is 9.13 Å². The Labute approximate surface area is 210 Å². The van der Waals surface area contributed by atoms with Crippen molar-refractivity contribution < 1.29 is 34.0 Å². The molecule has 37 heavy (non-hydrogen) atoms. The molecule has 4 amide bonds. The van der Waals surface area contributed by atoms with Crippen molar-refractivity contribution in [3.63, 3.8) is 0 Å². The fourth-order valence-electron chi connectivity index (χ4n) is 3.44. The summed E-state index contributed by atoms with van der Waals surface area (Å²) in [6.45, 7) is 2.31. The van der Waals surface area contributed by atoms with Crippen molar-refractivity contribution in [3.05, 3.63) is 43.0 Å². The predicted molar refractivity (Wildman–Crippen MR) is 136 cm³/mol. The van der Waals surface area contributed by atoms with E-state index in [9.17, 15) is 29.4 Å². The van der Waals surface area contributed by atoms with Crippen LogP contribution in [0.15, 0.2) is 43.0 Å². The first-order chi connectivity index (χ1) is 17.4. The van der Waals surface area contributed by atoms with Crippen LogP contribution < -0.4 is 37.3 Å². The van der Waals surface area contributed by atoms with Crippen LogP contribution in [0.4, 0.5) is 34.1 Å². The van der Waals surface area contributed by atoms with Crippen LogP contribution in [0.3, 0.4) is 0 Å². The summed E-state index contributed by atoms with van der Waals surface area (Å²) in [6, 6.07) is 5.31. The van der Waals surface area contributed by atoms with Crippen LogP contribution in [0, 0.1) is 0 Å². The summed E-state index contributed by atoms with van der Waals surface area (Å²) in [5, 5.41) is 30.3. The van der Waals surface area contributed by atoms with E-state index in [1.54, 1.807) is 12.4 Å². The van der Waals surface area contributed by atoms with Crippen molar-refractivity contribution in [1.82, 2.24) is 4.57 Å². The number of carbonyl (C=O) groups is 4. The minimum absolute atomic E-state index is 0.000398. The molecular formula is C23H27N8O6+. The number of aromatic hydroxyl groups is 2.